The van der Waals surface area contributed by atoms with E-state index in [2.05, 4.69) is 11.4 Å². The molecular formula is C10H13N3. The molecule has 0 spiro atoms. The predicted molar refractivity (Wildman–Crippen MR) is 51.9 cm³/mol. The second-order valence-corrected chi connectivity index (χ2v) is 2.78. The molecule has 1 aromatic rings. The minimum absolute atomic E-state index is 0.637. The Labute approximate surface area is 78.2 Å². The number of nitriles is 1. The van der Waals surface area contributed by atoms with Crippen molar-refractivity contribution in [1.82, 2.24) is 5.32 Å². The third-order valence-electron chi connectivity index (χ3n) is 1.71. The molecule has 0 aliphatic carbocycles. The summed E-state index contributed by atoms with van der Waals surface area (Å²) in [5, 5.41) is 11.8. The first-order valence-electron chi connectivity index (χ1n) is 4.26. The van der Waals surface area contributed by atoms with Crippen molar-refractivity contribution in [1.29, 1.82) is 5.26 Å². The fourth-order valence-electron chi connectivity index (χ4n) is 1.09. The van der Waals surface area contributed by atoms with Crippen molar-refractivity contribution < 1.29 is 0 Å². The van der Waals surface area contributed by atoms with E-state index in [0.717, 1.165) is 18.7 Å². The molecule has 0 bridgehead atoms. The van der Waals surface area contributed by atoms with Crippen LogP contribution in [-0.4, -0.2) is 13.1 Å². The van der Waals surface area contributed by atoms with Crippen LogP contribution in [0, 0.1) is 11.3 Å². The van der Waals surface area contributed by atoms with E-state index in [1.807, 2.05) is 18.2 Å². The zero-order chi connectivity index (χ0) is 9.52. The van der Waals surface area contributed by atoms with Crippen LogP contribution in [0.2, 0.25) is 0 Å². The fraction of sp³-hybridized carbons (Fsp3) is 0.300. The van der Waals surface area contributed by atoms with Gasteiger partial charge in [-0.1, -0.05) is 12.1 Å². The molecule has 0 unspecified atom stereocenters. The van der Waals surface area contributed by atoms with E-state index in [4.69, 9.17) is 11.0 Å². The topological polar surface area (TPSA) is 61.8 Å². The minimum atomic E-state index is 0.637. The largest absolute Gasteiger partial charge is 0.329 e. The second kappa shape index (κ2) is 5.31. The second-order valence-electron chi connectivity index (χ2n) is 2.78. The molecule has 3 heteroatoms. The van der Waals surface area contributed by atoms with Crippen LogP contribution in [0.25, 0.3) is 0 Å². The van der Waals surface area contributed by atoms with Gasteiger partial charge in [0.15, 0.2) is 0 Å². The van der Waals surface area contributed by atoms with Gasteiger partial charge >= 0.3 is 0 Å². The Kier molecular flexibility index (Phi) is 3.97. The van der Waals surface area contributed by atoms with Crippen LogP contribution in [0.3, 0.4) is 0 Å². The standard InChI is InChI=1S/C10H13N3/c11-4-5-13-8-10-3-1-2-9(6-10)7-12/h1-3,6,13H,4-5,8,11H2. The lowest BCUT2D eigenvalue weighted by molar-refractivity contribution is 0.695. The summed E-state index contributed by atoms with van der Waals surface area (Å²) >= 11 is 0. The van der Waals surface area contributed by atoms with Gasteiger partial charge in [0.05, 0.1) is 11.6 Å². The van der Waals surface area contributed by atoms with Crippen LogP contribution in [0.5, 0.6) is 0 Å². The normalized spacial score (nSPS) is 9.54. The summed E-state index contributed by atoms with van der Waals surface area (Å²) < 4.78 is 0. The molecule has 0 heterocycles. The number of rotatable bonds is 4. The van der Waals surface area contributed by atoms with Gasteiger partial charge in [0.25, 0.3) is 0 Å². The van der Waals surface area contributed by atoms with E-state index < -0.39 is 0 Å². The Hall–Kier alpha value is -1.37. The lowest BCUT2D eigenvalue weighted by Crippen LogP contribution is -2.21. The molecule has 0 fully saturated rings. The molecular weight excluding hydrogens is 162 g/mol. The van der Waals surface area contributed by atoms with Gasteiger partial charge in [-0.05, 0) is 17.7 Å². The third-order valence-corrected chi connectivity index (χ3v) is 1.71. The Morgan fingerprint density at radius 2 is 2.31 bits per heavy atom. The summed E-state index contributed by atoms with van der Waals surface area (Å²) in [6, 6.07) is 9.66. The first-order valence-corrected chi connectivity index (χ1v) is 4.26. The molecule has 0 aromatic heterocycles. The van der Waals surface area contributed by atoms with E-state index in [9.17, 15) is 0 Å². The van der Waals surface area contributed by atoms with Crippen molar-refractivity contribution in [2.24, 2.45) is 5.73 Å². The SMILES string of the molecule is N#Cc1cccc(CNCCN)c1. The van der Waals surface area contributed by atoms with Crippen LogP contribution in [0.1, 0.15) is 11.1 Å². The van der Waals surface area contributed by atoms with Crippen molar-refractivity contribution in [2.75, 3.05) is 13.1 Å². The molecule has 3 nitrogen and oxygen atoms in total. The monoisotopic (exact) mass is 175 g/mol. The van der Waals surface area contributed by atoms with Gasteiger partial charge in [-0.3, -0.25) is 0 Å². The number of nitrogens with two attached hydrogens (primary N) is 1. The van der Waals surface area contributed by atoms with Crippen molar-refractivity contribution in [3.63, 3.8) is 0 Å². The minimum Gasteiger partial charge on any atom is -0.329 e. The molecule has 0 amide bonds. The number of nitrogens with one attached hydrogen (secondary N) is 1. The molecule has 0 saturated heterocycles. The fourth-order valence-corrected chi connectivity index (χ4v) is 1.09. The molecule has 0 radical (unpaired) electrons. The zero-order valence-corrected chi connectivity index (χ0v) is 7.46. The molecule has 1 aromatic carbocycles. The smallest absolute Gasteiger partial charge is 0.0991 e. The quantitative estimate of drug-likeness (QED) is 0.659. The molecule has 3 N–H and O–H groups in total. The van der Waals surface area contributed by atoms with Crippen LogP contribution < -0.4 is 11.1 Å². The van der Waals surface area contributed by atoms with Crippen LogP contribution in [0.15, 0.2) is 24.3 Å². The average molecular weight is 175 g/mol. The number of benzene rings is 1. The Balaban J connectivity index is 2.52. The molecule has 13 heavy (non-hydrogen) atoms. The van der Waals surface area contributed by atoms with Gasteiger partial charge in [-0.15, -0.1) is 0 Å². The highest BCUT2D eigenvalue weighted by Gasteiger charge is 1.93. The molecule has 1 rings (SSSR count). The summed E-state index contributed by atoms with van der Waals surface area (Å²) in [5.74, 6) is 0. The van der Waals surface area contributed by atoms with Crippen LogP contribution >= 0.6 is 0 Å². The van der Waals surface area contributed by atoms with E-state index in [0.29, 0.717) is 12.1 Å². The Morgan fingerprint density at radius 3 is 3.00 bits per heavy atom. The highest BCUT2D eigenvalue weighted by atomic mass is 14.9. The van der Waals surface area contributed by atoms with Gasteiger partial charge in [-0.25, -0.2) is 0 Å². The van der Waals surface area contributed by atoms with Gasteiger partial charge in [0.2, 0.25) is 0 Å². The zero-order valence-electron chi connectivity index (χ0n) is 7.46. The predicted octanol–water partition coefficient (Wildman–Crippen LogP) is 0.607. The summed E-state index contributed by atoms with van der Waals surface area (Å²) in [6.45, 7) is 2.21. The van der Waals surface area contributed by atoms with Gasteiger partial charge in [-0.2, -0.15) is 5.26 Å². The first kappa shape index (κ1) is 9.72. The summed E-state index contributed by atoms with van der Waals surface area (Å²) in [5.41, 5.74) is 7.15. The van der Waals surface area contributed by atoms with Crippen molar-refractivity contribution in [3.05, 3.63) is 35.4 Å². The summed E-state index contributed by atoms with van der Waals surface area (Å²) in [4.78, 5) is 0. The van der Waals surface area contributed by atoms with E-state index in [-0.39, 0.29) is 0 Å². The van der Waals surface area contributed by atoms with E-state index >= 15 is 0 Å². The highest BCUT2D eigenvalue weighted by molar-refractivity contribution is 5.32. The van der Waals surface area contributed by atoms with Gasteiger partial charge in [0.1, 0.15) is 0 Å². The average Bonchev–Trinajstić information content (AvgIpc) is 2.19. The molecule has 0 saturated carbocycles. The number of nitrogens with zero attached hydrogens (tertiary/aromatic N) is 1. The highest BCUT2D eigenvalue weighted by Crippen LogP contribution is 2.03. The van der Waals surface area contributed by atoms with Crippen LogP contribution in [0.4, 0.5) is 0 Å². The first-order chi connectivity index (χ1) is 6.36. The maximum absolute atomic E-state index is 8.64. The maximum atomic E-state index is 8.64. The van der Waals surface area contributed by atoms with Crippen molar-refractivity contribution >= 4 is 0 Å². The Morgan fingerprint density at radius 1 is 1.46 bits per heavy atom. The summed E-state index contributed by atoms with van der Waals surface area (Å²) in [6.07, 6.45) is 0. The number of hydrogen-bond acceptors (Lipinski definition) is 3. The van der Waals surface area contributed by atoms with Crippen LogP contribution in [-0.2, 0) is 6.54 Å². The van der Waals surface area contributed by atoms with Crippen molar-refractivity contribution in [3.8, 4) is 6.07 Å². The molecule has 68 valence electrons. The molecule has 0 aliphatic rings. The maximum Gasteiger partial charge on any atom is 0.0991 e. The Bertz CT molecular complexity index is 301. The van der Waals surface area contributed by atoms with E-state index in [1.54, 1.807) is 6.07 Å². The molecule has 0 aliphatic heterocycles. The molecule has 0 atom stereocenters. The van der Waals surface area contributed by atoms with Gasteiger partial charge in [0, 0.05) is 19.6 Å². The van der Waals surface area contributed by atoms with E-state index in [1.165, 1.54) is 0 Å². The third kappa shape index (κ3) is 3.24. The lowest BCUT2D eigenvalue weighted by Gasteiger charge is -2.02. The van der Waals surface area contributed by atoms with Gasteiger partial charge < -0.3 is 11.1 Å². The number of hydrogen-bond donors (Lipinski definition) is 2. The lowest BCUT2D eigenvalue weighted by atomic mass is 10.1. The summed E-state index contributed by atoms with van der Waals surface area (Å²) in [7, 11) is 0. The van der Waals surface area contributed by atoms with Crippen molar-refractivity contribution in [2.45, 2.75) is 6.54 Å².